The number of pyridine rings is 1. The van der Waals surface area contributed by atoms with Crippen molar-refractivity contribution in [1.82, 2.24) is 9.38 Å². The topological polar surface area (TPSA) is 17.3 Å². The SMILES string of the molecule is Clc1cccn2cc(-c3ccccc3)nc12. The van der Waals surface area contributed by atoms with E-state index in [2.05, 4.69) is 4.98 Å². The number of hydrogen-bond donors (Lipinski definition) is 0. The fourth-order valence-electron chi connectivity index (χ4n) is 1.73. The number of nitrogens with zero attached hydrogens (tertiary/aromatic N) is 2. The molecule has 0 amide bonds. The fraction of sp³-hybridized carbons (Fsp3) is 0. The first-order valence-corrected chi connectivity index (χ1v) is 5.41. The van der Waals surface area contributed by atoms with Gasteiger partial charge in [0.05, 0.1) is 10.7 Å². The van der Waals surface area contributed by atoms with Crippen LogP contribution in [0.2, 0.25) is 5.02 Å². The number of rotatable bonds is 1. The van der Waals surface area contributed by atoms with E-state index in [1.54, 1.807) is 0 Å². The molecule has 2 heterocycles. The van der Waals surface area contributed by atoms with Crippen LogP contribution in [0.15, 0.2) is 54.9 Å². The predicted molar refractivity (Wildman–Crippen MR) is 65.6 cm³/mol. The van der Waals surface area contributed by atoms with Crippen molar-refractivity contribution in [2.45, 2.75) is 0 Å². The van der Waals surface area contributed by atoms with E-state index in [0.29, 0.717) is 5.02 Å². The molecule has 3 rings (SSSR count). The van der Waals surface area contributed by atoms with Gasteiger partial charge < -0.3 is 4.40 Å². The minimum absolute atomic E-state index is 0.671. The zero-order valence-electron chi connectivity index (χ0n) is 8.47. The van der Waals surface area contributed by atoms with Gasteiger partial charge in [0.25, 0.3) is 0 Å². The number of aromatic nitrogens is 2. The Morgan fingerprint density at radius 3 is 2.56 bits per heavy atom. The minimum Gasteiger partial charge on any atom is -0.305 e. The van der Waals surface area contributed by atoms with Gasteiger partial charge in [0.15, 0.2) is 5.65 Å². The molecule has 0 aliphatic heterocycles. The van der Waals surface area contributed by atoms with Crippen LogP contribution in [-0.4, -0.2) is 9.38 Å². The number of fused-ring (bicyclic) bond motifs is 1. The van der Waals surface area contributed by atoms with Crippen LogP contribution in [0.5, 0.6) is 0 Å². The summed E-state index contributed by atoms with van der Waals surface area (Å²) < 4.78 is 1.94. The van der Waals surface area contributed by atoms with Gasteiger partial charge in [-0.25, -0.2) is 4.98 Å². The fourth-order valence-corrected chi connectivity index (χ4v) is 1.94. The molecule has 0 atom stereocenters. The van der Waals surface area contributed by atoms with Crippen molar-refractivity contribution >= 4 is 17.2 Å². The zero-order chi connectivity index (χ0) is 11.0. The highest BCUT2D eigenvalue weighted by Crippen LogP contribution is 2.22. The Labute approximate surface area is 98.1 Å². The summed E-state index contributed by atoms with van der Waals surface area (Å²) in [6.45, 7) is 0. The number of hydrogen-bond acceptors (Lipinski definition) is 1. The third-order valence-electron chi connectivity index (χ3n) is 2.50. The zero-order valence-corrected chi connectivity index (χ0v) is 9.22. The molecule has 0 bridgehead atoms. The van der Waals surface area contributed by atoms with Crippen molar-refractivity contribution in [3.8, 4) is 11.3 Å². The van der Waals surface area contributed by atoms with Gasteiger partial charge in [0.1, 0.15) is 0 Å². The summed E-state index contributed by atoms with van der Waals surface area (Å²) in [5.41, 5.74) is 2.83. The Kier molecular flexibility index (Phi) is 2.15. The highest BCUT2D eigenvalue weighted by Gasteiger charge is 2.05. The van der Waals surface area contributed by atoms with Crippen molar-refractivity contribution in [3.63, 3.8) is 0 Å². The van der Waals surface area contributed by atoms with Crippen LogP contribution in [0.4, 0.5) is 0 Å². The Hall–Kier alpha value is -1.80. The summed E-state index contributed by atoms with van der Waals surface area (Å²) in [6.07, 6.45) is 3.93. The molecule has 2 nitrogen and oxygen atoms in total. The van der Waals surface area contributed by atoms with Crippen LogP contribution in [0.1, 0.15) is 0 Å². The van der Waals surface area contributed by atoms with Crippen molar-refractivity contribution in [1.29, 1.82) is 0 Å². The molecule has 3 heteroatoms. The molecule has 0 saturated heterocycles. The molecule has 16 heavy (non-hydrogen) atoms. The molecule has 0 saturated carbocycles. The molecule has 3 aromatic rings. The Morgan fingerprint density at radius 1 is 1.00 bits per heavy atom. The standard InChI is InChI=1S/C13H9ClN2/c14-11-7-4-8-16-9-12(15-13(11)16)10-5-2-1-3-6-10/h1-9H. The maximum absolute atomic E-state index is 6.07. The maximum atomic E-state index is 6.07. The maximum Gasteiger partial charge on any atom is 0.156 e. The first-order valence-electron chi connectivity index (χ1n) is 5.03. The van der Waals surface area contributed by atoms with Crippen LogP contribution in [0.25, 0.3) is 16.9 Å². The third kappa shape index (κ3) is 1.48. The molecular formula is C13H9ClN2. The van der Waals surface area contributed by atoms with Crippen molar-refractivity contribution in [2.75, 3.05) is 0 Å². The lowest BCUT2D eigenvalue weighted by atomic mass is 10.2. The number of halogens is 1. The molecule has 0 unspecified atom stereocenters. The Morgan fingerprint density at radius 2 is 1.81 bits per heavy atom. The normalized spacial score (nSPS) is 10.8. The van der Waals surface area contributed by atoms with E-state index in [-0.39, 0.29) is 0 Å². The largest absolute Gasteiger partial charge is 0.305 e. The lowest BCUT2D eigenvalue weighted by Gasteiger charge is -1.92. The molecule has 0 aliphatic rings. The van der Waals surface area contributed by atoms with E-state index in [0.717, 1.165) is 16.9 Å². The minimum atomic E-state index is 0.671. The van der Waals surface area contributed by atoms with E-state index < -0.39 is 0 Å². The third-order valence-corrected chi connectivity index (χ3v) is 2.80. The Balaban J connectivity index is 2.23. The first kappa shape index (κ1) is 9.43. The summed E-state index contributed by atoms with van der Waals surface area (Å²) in [6, 6.07) is 13.8. The molecule has 78 valence electrons. The van der Waals surface area contributed by atoms with Crippen LogP contribution < -0.4 is 0 Å². The van der Waals surface area contributed by atoms with Crippen LogP contribution in [0.3, 0.4) is 0 Å². The second kappa shape index (κ2) is 3.65. The second-order valence-electron chi connectivity index (χ2n) is 3.58. The average Bonchev–Trinajstić information content (AvgIpc) is 2.76. The highest BCUT2D eigenvalue weighted by atomic mass is 35.5. The molecule has 1 aromatic carbocycles. The van der Waals surface area contributed by atoms with Gasteiger partial charge in [-0.2, -0.15) is 0 Å². The summed E-state index contributed by atoms with van der Waals surface area (Å²) in [5, 5.41) is 0.671. The second-order valence-corrected chi connectivity index (χ2v) is 3.99. The van der Waals surface area contributed by atoms with Crippen molar-refractivity contribution in [2.24, 2.45) is 0 Å². The van der Waals surface area contributed by atoms with Gasteiger partial charge in [-0.3, -0.25) is 0 Å². The summed E-state index contributed by atoms with van der Waals surface area (Å²) in [7, 11) is 0. The van der Waals surface area contributed by atoms with E-state index in [1.807, 2.05) is 59.3 Å². The van der Waals surface area contributed by atoms with Gasteiger partial charge >= 0.3 is 0 Å². The quantitative estimate of drug-likeness (QED) is 0.621. The van der Waals surface area contributed by atoms with E-state index >= 15 is 0 Å². The van der Waals surface area contributed by atoms with Gasteiger partial charge in [0.2, 0.25) is 0 Å². The van der Waals surface area contributed by atoms with Crippen LogP contribution >= 0.6 is 11.6 Å². The Bertz CT molecular complexity index is 629. The molecule has 2 aromatic heterocycles. The smallest absolute Gasteiger partial charge is 0.156 e. The van der Waals surface area contributed by atoms with Crippen LogP contribution in [-0.2, 0) is 0 Å². The van der Waals surface area contributed by atoms with E-state index in [4.69, 9.17) is 11.6 Å². The number of imidazole rings is 1. The molecule has 0 spiro atoms. The molecular weight excluding hydrogens is 220 g/mol. The van der Waals surface area contributed by atoms with Gasteiger partial charge in [-0.15, -0.1) is 0 Å². The van der Waals surface area contributed by atoms with Gasteiger partial charge in [0, 0.05) is 18.0 Å². The lowest BCUT2D eigenvalue weighted by Crippen LogP contribution is -1.80. The summed E-state index contributed by atoms with van der Waals surface area (Å²) >= 11 is 6.07. The molecule has 0 N–H and O–H groups in total. The van der Waals surface area contributed by atoms with Gasteiger partial charge in [-0.1, -0.05) is 41.9 Å². The first-order chi connectivity index (χ1) is 7.84. The lowest BCUT2D eigenvalue weighted by molar-refractivity contribution is 1.19. The molecule has 0 fully saturated rings. The van der Waals surface area contributed by atoms with E-state index in [9.17, 15) is 0 Å². The summed E-state index contributed by atoms with van der Waals surface area (Å²) in [4.78, 5) is 4.51. The van der Waals surface area contributed by atoms with Crippen molar-refractivity contribution < 1.29 is 0 Å². The highest BCUT2D eigenvalue weighted by molar-refractivity contribution is 6.33. The van der Waals surface area contributed by atoms with Crippen LogP contribution in [0, 0.1) is 0 Å². The molecule has 0 radical (unpaired) electrons. The molecule has 0 aliphatic carbocycles. The number of benzene rings is 1. The average molecular weight is 229 g/mol. The monoisotopic (exact) mass is 228 g/mol. The summed E-state index contributed by atoms with van der Waals surface area (Å²) in [5.74, 6) is 0. The van der Waals surface area contributed by atoms with Crippen molar-refractivity contribution in [3.05, 3.63) is 59.9 Å². The predicted octanol–water partition coefficient (Wildman–Crippen LogP) is 3.65. The van der Waals surface area contributed by atoms with E-state index in [1.165, 1.54) is 0 Å². The van der Waals surface area contributed by atoms with Gasteiger partial charge in [-0.05, 0) is 12.1 Å².